The average molecular weight is 265 g/mol. The van der Waals surface area contributed by atoms with E-state index in [4.69, 9.17) is 11.5 Å². The molecule has 0 heterocycles. The minimum Gasteiger partial charge on any atom is -0.370 e. The lowest BCUT2D eigenvalue weighted by molar-refractivity contribution is -0.127. The van der Waals surface area contributed by atoms with Gasteiger partial charge in [-0.3, -0.25) is 9.59 Å². The van der Waals surface area contributed by atoms with E-state index in [9.17, 15) is 9.59 Å². The molecule has 0 aliphatic heterocycles. The summed E-state index contributed by atoms with van der Waals surface area (Å²) < 4.78 is 0. The van der Waals surface area contributed by atoms with Crippen molar-refractivity contribution < 1.29 is 9.59 Å². The minimum atomic E-state index is -0.795. The van der Waals surface area contributed by atoms with Crippen molar-refractivity contribution in [2.45, 2.75) is 50.6 Å². The molecule has 5 nitrogen and oxygen atoms in total. The Morgan fingerprint density at radius 1 is 1.16 bits per heavy atom. The van der Waals surface area contributed by atoms with Crippen molar-refractivity contribution in [2.24, 2.45) is 35.1 Å². The fourth-order valence-electron chi connectivity index (χ4n) is 4.83. The number of nitrogens with two attached hydrogens (primary N) is 2. The highest BCUT2D eigenvalue weighted by Gasteiger charge is 2.54. The van der Waals surface area contributed by atoms with E-state index in [2.05, 4.69) is 5.32 Å². The monoisotopic (exact) mass is 265 g/mol. The molecule has 3 saturated carbocycles. The van der Waals surface area contributed by atoms with Gasteiger partial charge in [0.2, 0.25) is 11.8 Å². The van der Waals surface area contributed by atoms with Crippen LogP contribution in [0.25, 0.3) is 0 Å². The summed E-state index contributed by atoms with van der Waals surface area (Å²) in [4.78, 5) is 22.7. The summed E-state index contributed by atoms with van der Waals surface area (Å²) in [6, 6.07) is -0.522. The number of hydrogen-bond donors (Lipinski definition) is 3. The van der Waals surface area contributed by atoms with E-state index < -0.39 is 11.9 Å². The van der Waals surface area contributed by atoms with Gasteiger partial charge in [0.1, 0.15) is 0 Å². The highest BCUT2D eigenvalue weighted by atomic mass is 16.2. The van der Waals surface area contributed by atoms with Crippen molar-refractivity contribution in [2.75, 3.05) is 0 Å². The van der Waals surface area contributed by atoms with Crippen molar-refractivity contribution in [1.29, 1.82) is 0 Å². The van der Waals surface area contributed by atoms with E-state index in [1.54, 1.807) is 0 Å². The van der Waals surface area contributed by atoms with E-state index >= 15 is 0 Å². The third-order valence-corrected chi connectivity index (χ3v) is 5.51. The second-order valence-electron chi connectivity index (χ2n) is 6.55. The average Bonchev–Trinajstić information content (AvgIpc) is 2.98. The van der Waals surface area contributed by atoms with Crippen molar-refractivity contribution in [3.8, 4) is 0 Å². The van der Waals surface area contributed by atoms with Crippen molar-refractivity contribution >= 4 is 11.8 Å². The van der Waals surface area contributed by atoms with E-state index in [-0.39, 0.29) is 18.4 Å². The van der Waals surface area contributed by atoms with Gasteiger partial charge < -0.3 is 16.8 Å². The number of primary amides is 1. The van der Waals surface area contributed by atoms with E-state index in [0.29, 0.717) is 5.92 Å². The molecule has 5 N–H and O–H groups in total. The normalized spacial score (nSPS) is 41.0. The lowest BCUT2D eigenvalue weighted by Gasteiger charge is -2.32. The van der Waals surface area contributed by atoms with E-state index in [1.165, 1.54) is 25.7 Å². The van der Waals surface area contributed by atoms with Crippen molar-refractivity contribution in [3.05, 3.63) is 0 Å². The molecular formula is C14H23N3O2. The van der Waals surface area contributed by atoms with Gasteiger partial charge in [-0.1, -0.05) is 6.42 Å². The molecule has 5 heteroatoms. The fourth-order valence-corrected chi connectivity index (χ4v) is 4.83. The second kappa shape index (κ2) is 4.78. The number of carbonyl (C=O) groups is 2. The maximum atomic E-state index is 12.0. The largest absolute Gasteiger partial charge is 0.370 e. The lowest BCUT2D eigenvalue weighted by Crippen LogP contribution is -2.50. The number of hydrogen-bond acceptors (Lipinski definition) is 3. The van der Waals surface area contributed by atoms with Gasteiger partial charge in [0.15, 0.2) is 0 Å². The van der Waals surface area contributed by atoms with Crippen molar-refractivity contribution in [3.63, 3.8) is 0 Å². The van der Waals surface area contributed by atoms with Crippen LogP contribution in [0.5, 0.6) is 0 Å². The van der Waals surface area contributed by atoms with Gasteiger partial charge in [-0.15, -0.1) is 0 Å². The maximum absolute atomic E-state index is 12.0. The third-order valence-electron chi connectivity index (χ3n) is 5.51. The minimum absolute atomic E-state index is 0.0707. The first-order chi connectivity index (χ1) is 9.06. The molecule has 2 amide bonds. The Kier molecular flexibility index (Phi) is 3.25. The molecule has 0 spiro atoms. The number of carbonyl (C=O) groups excluding carboxylic acids is 2. The van der Waals surface area contributed by atoms with Gasteiger partial charge >= 0.3 is 0 Å². The lowest BCUT2D eigenvalue weighted by atomic mass is 9.79. The van der Waals surface area contributed by atoms with Gasteiger partial charge in [-0.2, -0.15) is 0 Å². The molecular weight excluding hydrogens is 242 g/mol. The molecule has 3 aliphatic carbocycles. The Hall–Kier alpha value is -1.10. The Labute approximate surface area is 113 Å². The summed E-state index contributed by atoms with van der Waals surface area (Å²) in [5.41, 5.74) is 10.8. The molecule has 3 rings (SSSR count). The Morgan fingerprint density at radius 2 is 1.89 bits per heavy atom. The topological polar surface area (TPSA) is 98.2 Å². The summed E-state index contributed by atoms with van der Waals surface area (Å²) in [7, 11) is 0. The fraction of sp³-hybridized carbons (Fsp3) is 0.857. The van der Waals surface area contributed by atoms with E-state index in [1.807, 2.05) is 0 Å². The number of rotatable bonds is 4. The van der Waals surface area contributed by atoms with Crippen molar-refractivity contribution in [1.82, 2.24) is 5.32 Å². The van der Waals surface area contributed by atoms with Crippen LogP contribution in [-0.2, 0) is 9.59 Å². The first-order valence-electron chi connectivity index (χ1n) is 7.40. The van der Waals surface area contributed by atoms with Crippen LogP contribution in [-0.4, -0.2) is 23.9 Å². The highest BCUT2D eigenvalue weighted by molar-refractivity contribution is 5.87. The predicted molar refractivity (Wildman–Crippen MR) is 70.8 cm³/mol. The van der Waals surface area contributed by atoms with Crippen LogP contribution >= 0.6 is 0 Å². The summed E-state index contributed by atoms with van der Waals surface area (Å²) in [6.45, 7) is 0. The van der Waals surface area contributed by atoms with Gasteiger partial charge in [0.25, 0.3) is 0 Å². The molecule has 106 valence electrons. The number of amides is 2. The van der Waals surface area contributed by atoms with Crippen LogP contribution in [0, 0.1) is 23.7 Å². The number of fused-ring (bicyclic) bond motifs is 5. The van der Waals surface area contributed by atoms with Crippen LogP contribution in [0.3, 0.4) is 0 Å². The number of nitrogens with one attached hydrogen (secondary N) is 1. The Morgan fingerprint density at radius 3 is 2.63 bits per heavy atom. The first kappa shape index (κ1) is 12.9. The zero-order chi connectivity index (χ0) is 13.6. The molecule has 6 atom stereocenters. The molecule has 19 heavy (non-hydrogen) atoms. The first-order valence-corrected chi connectivity index (χ1v) is 7.40. The SMILES string of the molecule is NC(=O)CC(N)C(=O)NC1CC2CC1C1CCCC21. The summed E-state index contributed by atoms with van der Waals surface area (Å²) >= 11 is 0. The molecule has 2 bridgehead atoms. The molecule has 3 aliphatic rings. The molecule has 0 radical (unpaired) electrons. The standard InChI is InChI=1S/C14H23N3O2/c15-11(6-13(16)18)14(19)17-12-5-7-4-10(12)9-3-1-2-8(7)9/h7-12H,1-6,15H2,(H2,16,18)(H,17,19). The molecule has 0 aromatic carbocycles. The van der Waals surface area contributed by atoms with Crippen LogP contribution in [0.2, 0.25) is 0 Å². The van der Waals surface area contributed by atoms with Gasteiger partial charge in [0.05, 0.1) is 12.5 Å². The smallest absolute Gasteiger partial charge is 0.237 e. The van der Waals surface area contributed by atoms with Crippen LogP contribution < -0.4 is 16.8 Å². The van der Waals surface area contributed by atoms with Gasteiger partial charge in [-0.25, -0.2) is 0 Å². The maximum Gasteiger partial charge on any atom is 0.237 e. The third kappa shape index (κ3) is 2.24. The summed E-state index contributed by atoms with van der Waals surface area (Å²) in [6.07, 6.45) is 6.36. The molecule has 3 fully saturated rings. The summed E-state index contributed by atoms with van der Waals surface area (Å²) in [5.74, 6) is 2.43. The van der Waals surface area contributed by atoms with Gasteiger partial charge in [-0.05, 0) is 49.4 Å². The highest BCUT2D eigenvalue weighted by Crippen LogP contribution is 2.58. The molecule has 0 aromatic heterocycles. The zero-order valence-corrected chi connectivity index (χ0v) is 11.2. The molecule has 0 saturated heterocycles. The van der Waals surface area contributed by atoms with Crippen LogP contribution in [0.1, 0.15) is 38.5 Å². The predicted octanol–water partition coefficient (Wildman–Crippen LogP) is 0.130. The van der Waals surface area contributed by atoms with Crippen LogP contribution in [0.15, 0.2) is 0 Å². The summed E-state index contributed by atoms with van der Waals surface area (Å²) in [5, 5.41) is 3.06. The molecule has 0 aromatic rings. The van der Waals surface area contributed by atoms with E-state index in [0.717, 1.165) is 24.2 Å². The van der Waals surface area contributed by atoms with Crippen LogP contribution in [0.4, 0.5) is 0 Å². The second-order valence-corrected chi connectivity index (χ2v) is 6.55. The Balaban J connectivity index is 1.57. The quantitative estimate of drug-likeness (QED) is 0.674. The Bertz CT molecular complexity index is 398. The molecule has 6 unspecified atom stereocenters. The van der Waals surface area contributed by atoms with Gasteiger partial charge in [0, 0.05) is 6.04 Å². The zero-order valence-electron chi connectivity index (χ0n) is 11.2.